The first-order chi connectivity index (χ1) is 7.61. The van der Waals surface area contributed by atoms with Gasteiger partial charge in [0.05, 0.1) is 0 Å². The van der Waals surface area contributed by atoms with E-state index in [0.29, 0.717) is 6.54 Å². The molecule has 0 radical (unpaired) electrons. The Hall–Kier alpha value is -1.06. The van der Waals surface area contributed by atoms with Crippen molar-refractivity contribution in [3.63, 3.8) is 0 Å². The van der Waals surface area contributed by atoms with Crippen LogP contribution < -0.4 is 10.6 Å². The Morgan fingerprint density at radius 3 is 2.31 bits per heavy atom. The predicted molar refractivity (Wildman–Crippen MR) is 65.0 cm³/mol. The van der Waals surface area contributed by atoms with Crippen LogP contribution in [0.15, 0.2) is 0 Å². The molecular weight excluding hydrogens is 204 g/mol. The maximum absolute atomic E-state index is 11.7. The highest BCUT2D eigenvalue weighted by molar-refractivity contribution is 5.86. The van der Waals surface area contributed by atoms with E-state index in [1.165, 1.54) is 6.92 Å². The van der Waals surface area contributed by atoms with E-state index in [9.17, 15) is 9.59 Å². The van der Waals surface area contributed by atoms with Gasteiger partial charge in [0.2, 0.25) is 11.8 Å². The number of nitrogens with one attached hydrogen (secondary N) is 2. The van der Waals surface area contributed by atoms with Crippen LogP contribution in [-0.4, -0.2) is 24.4 Å². The topological polar surface area (TPSA) is 58.2 Å². The summed E-state index contributed by atoms with van der Waals surface area (Å²) in [5, 5.41) is 5.51. The van der Waals surface area contributed by atoms with Gasteiger partial charge < -0.3 is 10.6 Å². The maximum atomic E-state index is 11.7. The van der Waals surface area contributed by atoms with Crippen molar-refractivity contribution in [2.24, 2.45) is 0 Å². The summed E-state index contributed by atoms with van der Waals surface area (Å²) < 4.78 is 0. The first kappa shape index (κ1) is 14.9. The molecule has 0 fully saturated rings. The van der Waals surface area contributed by atoms with Gasteiger partial charge in [-0.05, 0) is 12.8 Å². The van der Waals surface area contributed by atoms with Gasteiger partial charge in [-0.25, -0.2) is 0 Å². The number of carbonyl (C=O) groups is 2. The minimum Gasteiger partial charge on any atom is -0.354 e. The van der Waals surface area contributed by atoms with Gasteiger partial charge in [0.25, 0.3) is 0 Å². The van der Waals surface area contributed by atoms with Crippen LogP contribution in [0.1, 0.15) is 52.9 Å². The lowest BCUT2D eigenvalue weighted by molar-refractivity contribution is -0.128. The summed E-state index contributed by atoms with van der Waals surface area (Å²) in [7, 11) is 0. The van der Waals surface area contributed by atoms with Gasteiger partial charge in [-0.3, -0.25) is 9.59 Å². The molecule has 0 aliphatic rings. The molecule has 0 saturated heterocycles. The molecule has 0 aromatic rings. The summed E-state index contributed by atoms with van der Waals surface area (Å²) >= 11 is 0. The van der Waals surface area contributed by atoms with Gasteiger partial charge in [0.15, 0.2) is 0 Å². The van der Waals surface area contributed by atoms with Gasteiger partial charge in [-0.1, -0.05) is 33.1 Å². The molecule has 2 amide bonds. The number of carbonyl (C=O) groups excluding carboxylic acids is 2. The molecular formula is C12H24N2O2. The zero-order valence-corrected chi connectivity index (χ0v) is 10.6. The zero-order chi connectivity index (χ0) is 12.4. The second-order valence-electron chi connectivity index (χ2n) is 4.04. The molecule has 0 rings (SSSR count). The minimum absolute atomic E-state index is 0.0619. The lowest BCUT2D eigenvalue weighted by Gasteiger charge is -2.17. The van der Waals surface area contributed by atoms with Gasteiger partial charge in [0.1, 0.15) is 6.04 Å². The number of hydrogen-bond acceptors (Lipinski definition) is 2. The van der Waals surface area contributed by atoms with E-state index in [0.717, 1.165) is 32.1 Å². The number of hydrogen-bond donors (Lipinski definition) is 2. The van der Waals surface area contributed by atoms with E-state index in [1.54, 1.807) is 0 Å². The Kier molecular flexibility index (Phi) is 8.58. The SMILES string of the molecule is CCCCCC(NC(C)=O)C(=O)NCCC. The Morgan fingerprint density at radius 2 is 1.81 bits per heavy atom. The van der Waals surface area contributed by atoms with Crippen LogP contribution in [0, 0.1) is 0 Å². The summed E-state index contributed by atoms with van der Waals surface area (Å²) in [5.74, 6) is -0.207. The Bertz CT molecular complexity index is 217. The van der Waals surface area contributed by atoms with E-state index in [4.69, 9.17) is 0 Å². The average Bonchev–Trinajstić information content (AvgIpc) is 2.24. The third kappa shape index (κ3) is 7.26. The highest BCUT2D eigenvalue weighted by Gasteiger charge is 2.17. The summed E-state index contributed by atoms with van der Waals surface area (Å²) in [6, 6.07) is -0.365. The van der Waals surface area contributed by atoms with E-state index in [2.05, 4.69) is 17.6 Å². The van der Waals surface area contributed by atoms with Crippen molar-refractivity contribution < 1.29 is 9.59 Å². The van der Waals surface area contributed by atoms with Crippen molar-refractivity contribution in [3.8, 4) is 0 Å². The smallest absolute Gasteiger partial charge is 0.242 e. The van der Waals surface area contributed by atoms with Crippen molar-refractivity contribution in [2.45, 2.75) is 58.9 Å². The van der Waals surface area contributed by atoms with E-state index < -0.39 is 0 Å². The monoisotopic (exact) mass is 228 g/mol. The van der Waals surface area contributed by atoms with E-state index >= 15 is 0 Å². The molecule has 1 atom stereocenters. The third-order valence-electron chi connectivity index (χ3n) is 2.34. The molecule has 0 saturated carbocycles. The van der Waals surface area contributed by atoms with Gasteiger partial charge in [0, 0.05) is 13.5 Å². The predicted octanol–water partition coefficient (Wildman–Crippen LogP) is 1.60. The second-order valence-corrected chi connectivity index (χ2v) is 4.04. The Morgan fingerprint density at radius 1 is 1.12 bits per heavy atom. The van der Waals surface area contributed by atoms with Crippen LogP contribution in [0.5, 0.6) is 0 Å². The highest BCUT2D eigenvalue weighted by Crippen LogP contribution is 2.03. The first-order valence-corrected chi connectivity index (χ1v) is 6.16. The second kappa shape index (κ2) is 9.19. The largest absolute Gasteiger partial charge is 0.354 e. The van der Waals surface area contributed by atoms with Crippen LogP contribution in [-0.2, 0) is 9.59 Å². The molecule has 2 N–H and O–H groups in total. The molecule has 0 aromatic heterocycles. The average molecular weight is 228 g/mol. The van der Waals surface area contributed by atoms with Crippen LogP contribution in [0.2, 0.25) is 0 Å². The van der Waals surface area contributed by atoms with Crippen LogP contribution >= 0.6 is 0 Å². The fraction of sp³-hybridized carbons (Fsp3) is 0.833. The standard InChI is InChI=1S/C12H24N2O2/c1-4-6-7-8-11(14-10(3)15)12(16)13-9-5-2/h11H,4-9H2,1-3H3,(H,13,16)(H,14,15). The summed E-state index contributed by atoms with van der Waals surface area (Å²) in [6.07, 6.45) is 4.82. The van der Waals surface area contributed by atoms with Crippen molar-refractivity contribution >= 4 is 11.8 Å². The number of unbranched alkanes of at least 4 members (excludes halogenated alkanes) is 2. The third-order valence-corrected chi connectivity index (χ3v) is 2.34. The molecule has 4 heteroatoms. The summed E-state index contributed by atoms with van der Waals surface area (Å²) in [4.78, 5) is 22.7. The molecule has 0 heterocycles. The molecule has 94 valence electrons. The van der Waals surface area contributed by atoms with Crippen molar-refractivity contribution in [3.05, 3.63) is 0 Å². The molecule has 0 bridgehead atoms. The van der Waals surface area contributed by atoms with Gasteiger partial charge >= 0.3 is 0 Å². The van der Waals surface area contributed by atoms with Crippen LogP contribution in [0.4, 0.5) is 0 Å². The highest BCUT2D eigenvalue weighted by atomic mass is 16.2. The maximum Gasteiger partial charge on any atom is 0.242 e. The summed E-state index contributed by atoms with van der Waals surface area (Å²) in [6.45, 7) is 6.23. The van der Waals surface area contributed by atoms with Crippen LogP contribution in [0.3, 0.4) is 0 Å². The van der Waals surface area contributed by atoms with E-state index in [1.807, 2.05) is 6.92 Å². The molecule has 1 unspecified atom stereocenters. The minimum atomic E-state index is -0.365. The van der Waals surface area contributed by atoms with Crippen molar-refractivity contribution in [1.82, 2.24) is 10.6 Å². The molecule has 16 heavy (non-hydrogen) atoms. The Balaban J connectivity index is 4.06. The molecule has 0 aromatic carbocycles. The number of amides is 2. The molecule has 0 spiro atoms. The van der Waals surface area contributed by atoms with Gasteiger partial charge in [-0.15, -0.1) is 0 Å². The van der Waals surface area contributed by atoms with Crippen molar-refractivity contribution in [2.75, 3.05) is 6.54 Å². The zero-order valence-electron chi connectivity index (χ0n) is 10.6. The molecule has 4 nitrogen and oxygen atoms in total. The quantitative estimate of drug-likeness (QED) is 0.620. The lowest BCUT2D eigenvalue weighted by Crippen LogP contribution is -2.46. The fourth-order valence-corrected chi connectivity index (χ4v) is 1.48. The molecule has 0 aliphatic heterocycles. The lowest BCUT2D eigenvalue weighted by atomic mass is 10.1. The fourth-order valence-electron chi connectivity index (χ4n) is 1.48. The number of rotatable bonds is 8. The van der Waals surface area contributed by atoms with Crippen LogP contribution in [0.25, 0.3) is 0 Å². The normalized spacial score (nSPS) is 11.9. The molecule has 0 aliphatic carbocycles. The first-order valence-electron chi connectivity index (χ1n) is 6.16. The van der Waals surface area contributed by atoms with Gasteiger partial charge in [-0.2, -0.15) is 0 Å². The Labute approximate surface area is 98.2 Å². The van der Waals surface area contributed by atoms with Crippen molar-refractivity contribution in [1.29, 1.82) is 0 Å². The van der Waals surface area contributed by atoms with E-state index in [-0.39, 0.29) is 17.9 Å². The summed E-state index contributed by atoms with van der Waals surface area (Å²) in [5.41, 5.74) is 0.